The lowest BCUT2D eigenvalue weighted by atomic mass is 10.1. The first kappa shape index (κ1) is 19.4. The fourth-order valence-electron chi connectivity index (χ4n) is 3.42. The van der Waals surface area contributed by atoms with Crippen LogP contribution in [0, 0.1) is 0 Å². The van der Waals surface area contributed by atoms with E-state index in [0.717, 1.165) is 22.3 Å². The number of rotatable bonds is 8. The summed E-state index contributed by atoms with van der Waals surface area (Å²) in [7, 11) is -3.05. The van der Waals surface area contributed by atoms with Crippen LogP contribution in [0.25, 0.3) is 0 Å². The molecule has 11 heteroatoms. The number of carbonyl (C=O) groups excluding carboxylic acids is 1. The Hall–Kier alpha value is -0.910. The first-order chi connectivity index (χ1) is 13.0. The summed E-state index contributed by atoms with van der Waals surface area (Å²) < 4.78 is 30.2. The summed E-state index contributed by atoms with van der Waals surface area (Å²) in [6.07, 6.45) is 4.78. The van der Waals surface area contributed by atoms with Crippen molar-refractivity contribution < 1.29 is 17.9 Å². The fourth-order valence-corrected chi connectivity index (χ4v) is 6.86. The van der Waals surface area contributed by atoms with Crippen molar-refractivity contribution >= 4 is 44.0 Å². The lowest BCUT2D eigenvalue weighted by molar-refractivity contribution is -0.131. The second-order valence-corrected chi connectivity index (χ2v) is 11.7. The van der Waals surface area contributed by atoms with Gasteiger partial charge >= 0.3 is 0 Å². The first-order valence-electron chi connectivity index (χ1n) is 9.33. The van der Waals surface area contributed by atoms with Crippen LogP contribution < -0.4 is 5.32 Å². The van der Waals surface area contributed by atoms with Crippen molar-refractivity contribution in [1.29, 1.82) is 0 Å². The lowest BCUT2D eigenvalue weighted by Crippen LogP contribution is -2.46. The van der Waals surface area contributed by atoms with Gasteiger partial charge in [0, 0.05) is 25.2 Å². The van der Waals surface area contributed by atoms with Crippen LogP contribution in [-0.4, -0.2) is 78.0 Å². The van der Waals surface area contributed by atoms with Crippen molar-refractivity contribution in [3.05, 3.63) is 0 Å². The molecule has 3 heterocycles. The fraction of sp³-hybridized carbons (Fsp3) is 0.812. The van der Waals surface area contributed by atoms with Crippen LogP contribution in [0.15, 0.2) is 4.34 Å². The number of sulfone groups is 1. The summed E-state index contributed by atoms with van der Waals surface area (Å²) >= 11 is 2.82. The number of aromatic nitrogens is 2. The number of thioether (sulfide) groups is 1. The summed E-state index contributed by atoms with van der Waals surface area (Å²) in [4.78, 5) is 14.6. The second-order valence-electron chi connectivity index (χ2n) is 7.32. The van der Waals surface area contributed by atoms with Gasteiger partial charge in [-0.1, -0.05) is 23.1 Å². The Morgan fingerprint density at radius 3 is 2.81 bits per heavy atom. The van der Waals surface area contributed by atoms with Gasteiger partial charge in [0.25, 0.3) is 0 Å². The largest absolute Gasteiger partial charge is 0.376 e. The summed E-state index contributed by atoms with van der Waals surface area (Å²) in [5, 5.41) is 12.3. The Morgan fingerprint density at radius 1 is 1.30 bits per heavy atom. The molecule has 1 saturated carbocycles. The quantitative estimate of drug-likeness (QED) is 0.615. The molecule has 0 bridgehead atoms. The maximum absolute atomic E-state index is 12.9. The molecule has 1 amide bonds. The van der Waals surface area contributed by atoms with Gasteiger partial charge in [-0.15, -0.1) is 10.2 Å². The highest BCUT2D eigenvalue weighted by atomic mass is 32.2. The Balaban J connectivity index is 1.36. The molecule has 3 aliphatic rings. The van der Waals surface area contributed by atoms with Crippen LogP contribution in [0.4, 0.5) is 5.13 Å². The van der Waals surface area contributed by atoms with Crippen molar-refractivity contribution in [2.75, 3.05) is 35.7 Å². The molecule has 8 nitrogen and oxygen atoms in total. The molecule has 4 rings (SSSR count). The SMILES string of the molecule is O=C(CSc1nnc(NC2CC2)s1)N(C[C@@H]1CCCO1)[C@H]1CCS(=O)(=O)C1. The van der Waals surface area contributed by atoms with E-state index in [1.54, 1.807) is 4.90 Å². The molecule has 0 unspecified atom stereocenters. The Labute approximate surface area is 167 Å². The van der Waals surface area contributed by atoms with Crippen LogP contribution in [0.1, 0.15) is 32.1 Å². The number of ether oxygens (including phenoxy) is 1. The molecule has 0 aromatic carbocycles. The van der Waals surface area contributed by atoms with Crippen LogP contribution in [0.3, 0.4) is 0 Å². The second kappa shape index (κ2) is 8.22. The molecule has 2 atom stereocenters. The van der Waals surface area contributed by atoms with Gasteiger partial charge in [0.05, 0.1) is 23.4 Å². The maximum atomic E-state index is 12.9. The van der Waals surface area contributed by atoms with Crippen molar-refractivity contribution in [3.63, 3.8) is 0 Å². The number of nitrogens with zero attached hydrogens (tertiary/aromatic N) is 3. The van der Waals surface area contributed by atoms with Gasteiger partial charge in [-0.2, -0.15) is 0 Å². The van der Waals surface area contributed by atoms with Gasteiger partial charge in [0.2, 0.25) is 11.0 Å². The Kier molecular flexibility index (Phi) is 5.91. The molecule has 1 aromatic heterocycles. The monoisotopic (exact) mass is 432 g/mol. The smallest absolute Gasteiger partial charge is 0.233 e. The number of hydrogen-bond donors (Lipinski definition) is 1. The van der Waals surface area contributed by atoms with Gasteiger partial charge in [-0.05, 0) is 32.1 Å². The van der Waals surface area contributed by atoms with Crippen LogP contribution in [-0.2, 0) is 19.4 Å². The van der Waals surface area contributed by atoms with E-state index in [1.165, 1.54) is 35.9 Å². The molecule has 1 aliphatic carbocycles. The minimum absolute atomic E-state index is 0.0122. The lowest BCUT2D eigenvalue weighted by Gasteiger charge is -2.30. The van der Waals surface area contributed by atoms with Gasteiger partial charge < -0.3 is 15.0 Å². The average molecular weight is 433 g/mol. The molecular weight excluding hydrogens is 408 g/mol. The average Bonchev–Trinajstić information content (AvgIpc) is 3.01. The van der Waals surface area contributed by atoms with E-state index in [-0.39, 0.29) is 35.3 Å². The zero-order chi connectivity index (χ0) is 18.9. The molecule has 3 fully saturated rings. The van der Waals surface area contributed by atoms with Crippen LogP contribution >= 0.6 is 23.1 Å². The molecule has 2 aliphatic heterocycles. The molecule has 27 heavy (non-hydrogen) atoms. The number of anilines is 1. The predicted molar refractivity (Wildman–Crippen MR) is 105 cm³/mol. The number of nitrogens with one attached hydrogen (secondary N) is 1. The molecule has 0 radical (unpaired) electrons. The van der Waals surface area contributed by atoms with Crippen molar-refractivity contribution in [2.24, 2.45) is 0 Å². The van der Waals surface area contributed by atoms with Crippen LogP contribution in [0.5, 0.6) is 0 Å². The summed E-state index contributed by atoms with van der Waals surface area (Å²) in [5.74, 6) is 0.405. The third-order valence-corrected chi connectivity index (χ3v) is 8.75. The summed E-state index contributed by atoms with van der Waals surface area (Å²) in [6, 6.07) is 0.275. The number of carbonyl (C=O) groups is 1. The molecule has 2 saturated heterocycles. The highest BCUT2D eigenvalue weighted by molar-refractivity contribution is 8.01. The third kappa shape index (κ3) is 5.33. The summed E-state index contributed by atoms with van der Waals surface area (Å²) in [6.45, 7) is 1.19. The van der Waals surface area contributed by atoms with Gasteiger partial charge in [-0.3, -0.25) is 4.79 Å². The Morgan fingerprint density at radius 2 is 2.15 bits per heavy atom. The highest BCUT2D eigenvalue weighted by Crippen LogP contribution is 2.31. The summed E-state index contributed by atoms with van der Waals surface area (Å²) in [5.41, 5.74) is 0. The number of amides is 1. The van der Waals surface area contributed by atoms with E-state index in [0.29, 0.717) is 25.6 Å². The van der Waals surface area contributed by atoms with Gasteiger partial charge in [-0.25, -0.2) is 8.42 Å². The molecule has 1 N–H and O–H groups in total. The van der Waals surface area contributed by atoms with Gasteiger partial charge in [0.1, 0.15) is 0 Å². The molecule has 1 aromatic rings. The normalized spacial score (nSPS) is 27.0. The van der Waals surface area contributed by atoms with Crippen LogP contribution in [0.2, 0.25) is 0 Å². The van der Waals surface area contributed by atoms with E-state index in [9.17, 15) is 13.2 Å². The minimum Gasteiger partial charge on any atom is -0.376 e. The first-order valence-corrected chi connectivity index (χ1v) is 13.0. The van der Waals surface area contributed by atoms with E-state index in [4.69, 9.17) is 4.74 Å². The molecule has 150 valence electrons. The maximum Gasteiger partial charge on any atom is 0.233 e. The topological polar surface area (TPSA) is 101 Å². The standard InChI is InChI=1S/C16H24N4O4S3/c21-14(9-25-16-19-18-15(26-16)17-11-3-4-11)20(8-13-2-1-6-24-13)12-5-7-27(22,23)10-12/h11-13H,1-10H2,(H,17,18)/t12-,13-/m0/s1. The van der Waals surface area contributed by atoms with E-state index >= 15 is 0 Å². The molecule has 0 spiro atoms. The minimum atomic E-state index is -3.05. The predicted octanol–water partition coefficient (Wildman–Crippen LogP) is 1.40. The zero-order valence-electron chi connectivity index (χ0n) is 15.0. The molecular formula is C16H24N4O4S3. The number of hydrogen-bond acceptors (Lipinski definition) is 9. The van der Waals surface area contributed by atoms with Crippen molar-refractivity contribution in [1.82, 2.24) is 15.1 Å². The Bertz CT molecular complexity index is 774. The van der Waals surface area contributed by atoms with Gasteiger partial charge in [0.15, 0.2) is 14.2 Å². The van der Waals surface area contributed by atoms with E-state index in [1.807, 2.05) is 0 Å². The van der Waals surface area contributed by atoms with Crippen molar-refractivity contribution in [2.45, 2.75) is 54.6 Å². The zero-order valence-corrected chi connectivity index (χ0v) is 17.5. The van der Waals surface area contributed by atoms with E-state index in [2.05, 4.69) is 15.5 Å². The highest BCUT2D eigenvalue weighted by Gasteiger charge is 2.36. The third-order valence-electron chi connectivity index (χ3n) is 5.02. The van der Waals surface area contributed by atoms with Crippen molar-refractivity contribution in [3.8, 4) is 0 Å². The van der Waals surface area contributed by atoms with E-state index < -0.39 is 9.84 Å².